The molecule has 2 rings (SSSR count). The molecule has 1 fully saturated rings. The number of carbonyl (C=O) groups excluding carboxylic acids is 1. The first kappa shape index (κ1) is 12.3. The van der Waals surface area contributed by atoms with Crippen molar-refractivity contribution in [3.05, 3.63) is 23.9 Å². The number of morpholine rings is 1. The van der Waals surface area contributed by atoms with Crippen molar-refractivity contribution in [1.82, 2.24) is 4.98 Å². The van der Waals surface area contributed by atoms with E-state index >= 15 is 0 Å². The lowest BCUT2D eigenvalue weighted by Crippen LogP contribution is -2.46. The number of nitriles is 1. The van der Waals surface area contributed by atoms with Gasteiger partial charge in [-0.2, -0.15) is 5.26 Å². The van der Waals surface area contributed by atoms with Crippen LogP contribution in [0.2, 0.25) is 0 Å². The zero-order valence-corrected chi connectivity index (χ0v) is 10.00. The molecule has 18 heavy (non-hydrogen) atoms. The normalized spacial score (nSPS) is 19.1. The van der Waals surface area contributed by atoms with Crippen LogP contribution in [0, 0.1) is 11.3 Å². The van der Waals surface area contributed by atoms with E-state index in [2.05, 4.69) is 9.72 Å². The van der Waals surface area contributed by atoms with Crippen molar-refractivity contribution >= 4 is 11.8 Å². The number of pyridine rings is 1. The number of carbonyl (C=O) groups is 1. The third kappa shape index (κ3) is 2.57. The Balaban J connectivity index is 2.13. The van der Waals surface area contributed by atoms with Gasteiger partial charge in [-0.25, -0.2) is 9.78 Å². The number of nitrogens with zero attached hydrogens (tertiary/aromatic N) is 3. The van der Waals surface area contributed by atoms with Crippen molar-refractivity contribution in [2.75, 3.05) is 31.7 Å². The molecule has 6 nitrogen and oxygen atoms in total. The second-order valence-corrected chi connectivity index (χ2v) is 3.82. The molecule has 1 aromatic heterocycles. The molecule has 0 N–H and O–H groups in total. The zero-order valence-electron chi connectivity index (χ0n) is 10.00. The summed E-state index contributed by atoms with van der Waals surface area (Å²) in [5.41, 5.74) is 0.355. The van der Waals surface area contributed by atoms with Gasteiger partial charge in [-0.3, -0.25) is 0 Å². The molecule has 1 unspecified atom stereocenters. The number of ether oxygens (including phenoxy) is 2. The van der Waals surface area contributed by atoms with E-state index in [0.717, 1.165) is 0 Å². The molecule has 1 atom stereocenters. The van der Waals surface area contributed by atoms with Crippen LogP contribution in [0.15, 0.2) is 18.2 Å². The summed E-state index contributed by atoms with van der Waals surface area (Å²) in [4.78, 5) is 17.5. The average molecular weight is 247 g/mol. The van der Waals surface area contributed by atoms with Gasteiger partial charge < -0.3 is 14.4 Å². The number of rotatable bonds is 2. The maximum atomic E-state index is 11.4. The molecular formula is C12H13N3O3. The summed E-state index contributed by atoms with van der Waals surface area (Å²) in [5.74, 6) is 0.280. The number of hydrogen-bond donors (Lipinski definition) is 0. The molecule has 1 aliphatic heterocycles. The van der Waals surface area contributed by atoms with Gasteiger partial charge in [0.1, 0.15) is 17.6 Å². The minimum Gasteiger partial charge on any atom is -0.467 e. The first-order valence-corrected chi connectivity index (χ1v) is 5.56. The molecule has 0 aliphatic carbocycles. The third-order valence-corrected chi connectivity index (χ3v) is 2.70. The van der Waals surface area contributed by atoms with Crippen molar-refractivity contribution < 1.29 is 14.3 Å². The van der Waals surface area contributed by atoms with Gasteiger partial charge in [0.25, 0.3) is 0 Å². The molecule has 0 bridgehead atoms. The fraction of sp³-hybridized carbons (Fsp3) is 0.417. The highest BCUT2D eigenvalue weighted by Crippen LogP contribution is 2.16. The maximum absolute atomic E-state index is 11.4. The summed E-state index contributed by atoms with van der Waals surface area (Å²) in [6.07, 6.45) is -0.601. The summed E-state index contributed by atoms with van der Waals surface area (Å²) in [5, 5.41) is 8.81. The lowest BCUT2D eigenvalue weighted by Gasteiger charge is -2.32. The molecule has 2 heterocycles. The quantitative estimate of drug-likeness (QED) is 0.701. The van der Waals surface area contributed by atoms with Crippen LogP contribution in [-0.2, 0) is 14.3 Å². The fourth-order valence-electron chi connectivity index (χ4n) is 1.79. The van der Waals surface area contributed by atoms with Crippen LogP contribution in [0.3, 0.4) is 0 Å². The largest absolute Gasteiger partial charge is 0.467 e. The van der Waals surface area contributed by atoms with Crippen LogP contribution < -0.4 is 4.90 Å². The van der Waals surface area contributed by atoms with Crippen LogP contribution >= 0.6 is 0 Å². The Morgan fingerprint density at radius 1 is 1.67 bits per heavy atom. The number of methoxy groups -OCH3 is 1. The van der Waals surface area contributed by atoms with Crippen LogP contribution in [0.1, 0.15) is 5.69 Å². The van der Waals surface area contributed by atoms with E-state index in [0.29, 0.717) is 31.2 Å². The molecule has 0 radical (unpaired) electrons. The van der Waals surface area contributed by atoms with Gasteiger partial charge in [0.15, 0.2) is 6.10 Å². The minimum atomic E-state index is -0.601. The molecule has 94 valence electrons. The molecule has 1 aliphatic rings. The minimum absolute atomic E-state index is 0.355. The Kier molecular flexibility index (Phi) is 3.75. The number of anilines is 1. The van der Waals surface area contributed by atoms with Gasteiger partial charge in [-0.15, -0.1) is 0 Å². The van der Waals surface area contributed by atoms with Gasteiger partial charge >= 0.3 is 5.97 Å². The van der Waals surface area contributed by atoms with Crippen molar-refractivity contribution in [1.29, 1.82) is 5.26 Å². The first-order chi connectivity index (χ1) is 8.74. The van der Waals surface area contributed by atoms with Crippen molar-refractivity contribution in [2.45, 2.75) is 6.10 Å². The smallest absolute Gasteiger partial charge is 0.336 e. The van der Waals surface area contributed by atoms with Gasteiger partial charge in [-0.05, 0) is 12.1 Å². The zero-order chi connectivity index (χ0) is 13.0. The predicted molar refractivity (Wildman–Crippen MR) is 62.9 cm³/mol. The van der Waals surface area contributed by atoms with E-state index in [-0.39, 0.29) is 0 Å². The molecule has 0 aromatic carbocycles. The van der Waals surface area contributed by atoms with E-state index in [1.54, 1.807) is 18.2 Å². The fourth-order valence-corrected chi connectivity index (χ4v) is 1.79. The molecule has 0 amide bonds. The van der Waals surface area contributed by atoms with E-state index in [9.17, 15) is 4.79 Å². The highest BCUT2D eigenvalue weighted by molar-refractivity contribution is 5.75. The Hall–Kier alpha value is -2.13. The average Bonchev–Trinajstić information content (AvgIpc) is 2.46. The van der Waals surface area contributed by atoms with Gasteiger partial charge in [0, 0.05) is 6.54 Å². The predicted octanol–water partition coefficient (Wildman–Crippen LogP) is 0.331. The van der Waals surface area contributed by atoms with Crippen molar-refractivity contribution in [2.24, 2.45) is 0 Å². The number of hydrogen-bond acceptors (Lipinski definition) is 6. The highest BCUT2D eigenvalue weighted by atomic mass is 16.6. The van der Waals surface area contributed by atoms with E-state index in [1.165, 1.54) is 7.11 Å². The lowest BCUT2D eigenvalue weighted by atomic mass is 10.2. The van der Waals surface area contributed by atoms with Gasteiger partial charge in [-0.1, -0.05) is 6.07 Å². The maximum Gasteiger partial charge on any atom is 0.336 e. The Morgan fingerprint density at radius 2 is 2.50 bits per heavy atom. The summed E-state index contributed by atoms with van der Waals surface area (Å²) in [6.45, 7) is 1.45. The summed E-state index contributed by atoms with van der Waals surface area (Å²) < 4.78 is 9.99. The van der Waals surface area contributed by atoms with Crippen LogP contribution in [0.25, 0.3) is 0 Å². The van der Waals surface area contributed by atoms with Crippen LogP contribution in [0.4, 0.5) is 5.82 Å². The number of esters is 1. The summed E-state index contributed by atoms with van der Waals surface area (Å²) in [7, 11) is 1.33. The summed E-state index contributed by atoms with van der Waals surface area (Å²) >= 11 is 0. The molecule has 0 spiro atoms. The Labute approximate surface area is 105 Å². The Morgan fingerprint density at radius 3 is 3.22 bits per heavy atom. The molecule has 6 heteroatoms. The van der Waals surface area contributed by atoms with Crippen molar-refractivity contribution in [3.8, 4) is 6.07 Å². The van der Waals surface area contributed by atoms with E-state index in [4.69, 9.17) is 10.00 Å². The third-order valence-electron chi connectivity index (χ3n) is 2.70. The second-order valence-electron chi connectivity index (χ2n) is 3.82. The topological polar surface area (TPSA) is 75.5 Å². The van der Waals surface area contributed by atoms with E-state index in [1.807, 2.05) is 11.0 Å². The SMILES string of the molecule is COC(=O)C1CN(c2cccc(C#N)n2)CCO1. The Bertz CT molecular complexity index is 484. The molecule has 1 aromatic rings. The van der Waals surface area contributed by atoms with Crippen LogP contribution in [0.5, 0.6) is 0 Å². The highest BCUT2D eigenvalue weighted by Gasteiger charge is 2.28. The lowest BCUT2D eigenvalue weighted by molar-refractivity contribution is -0.154. The van der Waals surface area contributed by atoms with Gasteiger partial charge in [0.05, 0.1) is 20.3 Å². The molecular weight excluding hydrogens is 234 g/mol. The van der Waals surface area contributed by atoms with Crippen LogP contribution in [-0.4, -0.2) is 43.9 Å². The number of aromatic nitrogens is 1. The van der Waals surface area contributed by atoms with Crippen molar-refractivity contribution in [3.63, 3.8) is 0 Å². The first-order valence-electron chi connectivity index (χ1n) is 5.56. The molecule has 0 saturated carbocycles. The standard InChI is InChI=1S/C12H13N3O3/c1-17-12(16)10-8-15(5-6-18-10)11-4-2-3-9(7-13)14-11/h2-4,10H,5-6,8H2,1H3. The van der Waals surface area contributed by atoms with E-state index < -0.39 is 12.1 Å². The molecule has 1 saturated heterocycles. The second kappa shape index (κ2) is 5.47. The summed E-state index contributed by atoms with van der Waals surface area (Å²) in [6, 6.07) is 7.20. The van der Waals surface area contributed by atoms with Gasteiger partial charge in [0.2, 0.25) is 0 Å². The monoisotopic (exact) mass is 247 g/mol.